The van der Waals surface area contributed by atoms with E-state index in [1.54, 1.807) is 30.5 Å². The molecule has 0 spiro atoms. The normalized spacial score (nSPS) is 14.8. The molecule has 1 aliphatic heterocycles. The molecular formula is C42H48N8O7. The highest BCUT2D eigenvalue weighted by atomic mass is 16.5. The fourth-order valence-electron chi connectivity index (χ4n) is 7.58. The van der Waals surface area contributed by atoms with Gasteiger partial charge in [-0.2, -0.15) is 0 Å². The monoisotopic (exact) mass is 776 g/mol. The van der Waals surface area contributed by atoms with Gasteiger partial charge in [-0.3, -0.25) is 19.7 Å². The van der Waals surface area contributed by atoms with E-state index in [1.807, 2.05) is 68.1 Å². The Hall–Kier alpha value is -6.06. The van der Waals surface area contributed by atoms with Gasteiger partial charge in [0.15, 0.2) is 0 Å². The lowest BCUT2D eigenvalue weighted by molar-refractivity contribution is -0.135. The molecule has 7 rings (SSSR count). The van der Waals surface area contributed by atoms with Crippen molar-refractivity contribution >= 4 is 50.6 Å². The van der Waals surface area contributed by atoms with E-state index in [4.69, 9.17) is 13.9 Å². The number of nitrogens with zero attached hydrogens (tertiary/aromatic N) is 4. The maximum Gasteiger partial charge on any atom is 0.407 e. The molecule has 4 N–H and O–H groups in total. The summed E-state index contributed by atoms with van der Waals surface area (Å²) < 4.78 is 16.1. The van der Waals surface area contributed by atoms with E-state index in [9.17, 15) is 19.2 Å². The van der Waals surface area contributed by atoms with Gasteiger partial charge in [-0.25, -0.2) is 14.8 Å². The summed E-state index contributed by atoms with van der Waals surface area (Å²) in [6.07, 6.45) is 5.27. The second-order valence-corrected chi connectivity index (χ2v) is 14.7. The molecule has 57 heavy (non-hydrogen) atoms. The molecule has 1 fully saturated rings. The van der Waals surface area contributed by atoms with E-state index in [1.165, 1.54) is 7.11 Å². The number of fused-ring (bicyclic) bond motifs is 4. The molecule has 3 aromatic carbocycles. The number of nitrogens with one attached hydrogen (secondary N) is 4. The summed E-state index contributed by atoms with van der Waals surface area (Å²) in [5.74, 6) is 0.967. The summed E-state index contributed by atoms with van der Waals surface area (Å²) in [6.45, 7) is 7.63. The standard InChI is InChI=1S/C42H48N8O7/c1-6-15-49(41(53)38(24(2)3)48-42(54)56-5)22-35-44-19-30(46-35)26-9-12-28-25(17-26)11-14-33-37(28)39(52)29-13-10-27(18-34(29)57-33)31-20-45-40(47-31)32-8-7-16-50(32)36(51)21-43-23-55-4/h9-14,17-20,24,32,38,43H,6-8,15-16,21-23H2,1-5H3,(H,44,46)(H,45,47)(H,48,54)/t32-,38-/m0/s1. The van der Waals surface area contributed by atoms with Crippen LogP contribution in [0.15, 0.2) is 70.1 Å². The smallest absolute Gasteiger partial charge is 0.407 e. The van der Waals surface area contributed by atoms with Gasteiger partial charge >= 0.3 is 6.09 Å². The van der Waals surface area contributed by atoms with E-state index in [0.29, 0.717) is 47.6 Å². The first kappa shape index (κ1) is 39.2. The number of benzene rings is 3. The fourth-order valence-corrected chi connectivity index (χ4v) is 7.58. The Kier molecular flexibility index (Phi) is 11.7. The summed E-state index contributed by atoms with van der Waals surface area (Å²) in [7, 11) is 2.85. The maximum atomic E-state index is 14.0. The second-order valence-electron chi connectivity index (χ2n) is 14.7. The van der Waals surface area contributed by atoms with Crippen molar-refractivity contribution in [2.24, 2.45) is 5.92 Å². The summed E-state index contributed by atoms with van der Waals surface area (Å²) in [5.41, 5.74) is 4.00. The van der Waals surface area contributed by atoms with Gasteiger partial charge in [0.25, 0.3) is 0 Å². The van der Waals surface area contributed by atoms with Crippen molar-refractivity contribution in [1.29, 1.82) is 0 Å². The molecule has 0 saturated carbocycles. The van der Waals surface area contributed by atoms with Gasteiger partial charge < -0.3 is 39.0 Å². The molecule has 15 heteroatoms. The Morgan fingerprint density at radius 1 is 0.982 bits per heavy atom. The highest BCUT2D eigenvalue weighted by molar-refractivity contribution is 6.09. The number of alkyl carbamates (subject to hydrolysis) is 1. The van der Waals surface area contributed by atoms with Crippen LogP contribution in [0, 0.1) is 5.92 Å². The van der Waals surface area contributed by atoms with Crippen LogP contribution < -0.4 is 16.1 Å². The van der Waals surface area contributed by atoms with E-state index in [2.05, 4.69) is 30.6 Å². The summed E-state index contributed by atoms with van der Waals surface area (Å²) >= 11 is 0. The highest BCUT2D eigenvalue weighted by Gasteiger charge is 2.32. The van der Waals surface area contributed by atoms with Gasteiger partial charge in [0, 0.05) is 31.3 Å². The van der Waals surface area contributed by atoms with Crippen LogP contribution in [-0.4, -0.2) is 94.3 Å². The van der Waals surface area contributed by atoms with Crippen LogP contribution in [0.2, 0.25) is 0 Å². The minimum absolute atomic E-state index is 0.00149. The number of ether oxygens (including phenoxy) is 2. The van der Waals surface area contributed by atoms with E-state index in [0.717, 1.165) is 58.4 Å². The number of hydrogen-bond acceptors (Lipinski definition) is 10. The van der Waals surface area contributed by atoms with E-state index in [-0.39, 0.29) is 42.3 Å². The molecule has 4 heterocycles. The molecule has 0 unspecified atom stereocenters. The SMILES string of the molecule is CCCN(Cc1ncc(-c2ccc3c(ccc4oc5cc(-c6cnc([C@@H]7CCCN7C(=O)CNCOC)[nH]6)ccc5c(=O)c43)c2)[nH]1)C(=O)[C@@H](NC(=O)OC)C(C)C. The molecule has 0 radical (unpaired) electrons. The fraction of sp³-hybridized carbons (Fsp3) is 0.381. The molecule has 298 valence electrons. The minimum Gasteiger partial charge on any atom is -0.456 e. The zero-order valence-corrected chi connectivity index (χ0v) is 32.8. The third-order valence-corrected chi connectivity index (χ3v) is 10.4. The van der Waals surface area contributed by atoms with Gasteiger partial charge in [0.05, 0.1) is 67.5 Å². The number of imidazole rings is 2. The Morgan fingerprint density at radius 2 is 1.74 bits per heavy atom. The molecular weight excluding hydrogens is 729 g/mol. The number of carbonyl (C=O) groups is 3. The first-order valence-corrected chi connectivity index (χ1v) is 19.2. The lowest BCUT2D eigenvalue weighted by Gasteiger charge is -2.28. The van der Waals surface area contributed by atoms with Crippen molar-refractivity contribution in [3.05, 3.63) is 82.8 Å². The van der Waals surface area contributed by atoms with Crippen molar-refractivity contribution < 1.29 is 28.3 Å². The topological polar surface area (TPSA) is 188 Å². The van der Waals surface area contributed by atoms with Crippen LogP contribution >= 0.6 is 0 Å². The van der Waals surface area contributed by atoms with Crippen LogP contribution in [0.1, 0.15) is 57.7 Å². The molecule has 3 aromatic heterocycles. The zero-order chi connectivity index (χ0) is 40.2. The average molecular weight is 777 g/mol. The molecule has 1 aliphatic rings. The first-order valence-electron chi connectivity index (χ1n) is 19.2. The van der Waals surface area contributed by atoms with Gasteiger partial charge in [-0.05, 0) is 60.2 Å². The average Bonchev–Trinajstić information content (AvgIpc) is 4.01. The minimum atomic E-state index is -0.739. The van der Waals surface area contributed by atoms with Crippen molar-refractivity contribution in [2.75, 3.05) is 40.6 Å². The Balaban J connectivity index is 1.11. The summed E-state index contributed by atoms with van der Waals surface area (Å²) in [5, 5.41) is 8.22. The molecule has 3 amide bonds. The van der Waals surface area contributed by atoms with E-state index < -0.39 is 12.1 Å². The Morgan fingerprint density at radius 3 is 2.49 bits per heavy atom. The Bertz CT molecular complexity index is 2490. The number of amides is 3. The van der Waals surface area contributed by atoms with Crippen LogP contribution in [-0.2, 0) is 25.6 Å². The molecule has 1 saturated heterocycles. The number of aromatic amines is 2. The van der Waals surface area contributed by atoms with Gasteiger partial charge in [0.2, 0.25) is 17.2 Å². The number of H-pyrrole nitrogens is 2. The van der Waals surface area contributed by atoms with Crippen molar-refractivity contribution in [3.8, 4) is 22.5 Å². The highest BCUT2D eigenvalue weighted by Crippen LogP contribution is 2.34. The number of carbonyl (C=O) groups excluding carboxylic acids is 3. The van der Waals surface area contributed by atoms with Crippen molar-refractivity contribution in [3.63, 3.8) is 0 Å². The third-order valence-electron chi connectivity index (χ3n) is 10.4. The van der Waals surface area contributed by atoms with Gasteiger partial charge in [-0.15, -0.1) is 0 Å². The number of hydrogen-bond donors (Lipinski definition) is 4. The molecule has 2 atom stereocenters. The largest absolute Gasteiger partial charge is 0.456 e. The predicted octanol–water partition coefficient (Wildman–Crippen LogP) is 5.86. The third kappa shape index (κ3) is 8.11. The van der Waals surface area contributed by atoms with Crippen LogP contribution in [0.25, 0.3) is 55.2 Å². The van der Waals surface area contributed by atoms with Gasteiger partial charge in [-0.1, -0.05) is 45.0 Å². The maximum absolute atomic E-state index is 14.0. The van der Waals surface area contributed by atoms with Crippen LogP contribution in [0.4, 0.5) is 4.79 Å². The Labute approximate surface area is 329 Å². The number of aromatic nitrogens is 4. The molecule has 15 nitrogen and oxygen atoms in total. The number of likely N-dealkylation sites (tertiary alicyclic amines) is 1. The van der Waals surface area contributed by atoms with Crippen LogP contribution in [0.5, 0.6) is 0 Å². The lowest BCUT2D eigenvalue weighted by Crippen LogP contribution is -2.51. The molecule has 0 bridgehead atoms. The predicted molar refractivity (Wildman–Crippen MR) is 216 cm³/mol. The summed E-state index contributed by atoms with van der Waals surface area (Å²) in [6, 6.07) is 14.2. The van der Waals surface area contributed by atoms with Gasteiger partial charge in [0.1, 0.15) is 28.9 Å². The summed E-state index contributed by atoms with van der Waals surface area (Å²) in [4.78, 5) is 71.9. The molecule has 0 aliphatic carbocycles. The van der Waals surface area contributed by atoms with Crippen molar-refractivity contribution in [1.82, 2.24) is 40.4 Å². The quantitative estimate of drug-likeness (QED) is 0.0452. The first-order chi connectivity index (χ1) is 27.6. The van der Waals surface area contributed by atoms with Crippen molar-refractivity contribution in [2.45, 2.75) is 58.7 Å². The van der Waals surface area contributed by atoms with E-state index >= 15 is 0 Å². The molecule has 6 aromatic rings. The lowest BCUT2D eigenvalue weighted by atomic mass is 10.0. The van der Waals surface area contributed by atoms with Crippen LogP contribution in [0.3, 0.4) is 0 Å². The second kappa shape index (κ2) is 17.0. The number of rotatable bonds is 14. The zero-order valence-electron chi connectivity index (χ0n) is 32.8. The number of methoxy groups -OCH3 is 2.